The second-order valence-corrected chi connectivity index (χ2v) is 10.4. The van der Waals surface area contributed by atoms with E-state index in [0.717, 1.165) is 65.7 Å². The Hall–Kier alpha value is -2.71. The van der Waals surface area contributed by atoms with Crippen LogP contribution < -0.4 is 4.90 Å². The number of nitrogens with zero attached hydrogens (tertiary/aromatic N) is 4. The Morgan fingerprint density at radius 1 is 1.33 bits per heavy atom. The van der Waals surface area contributed by atoms with Crippen molar-refractivity contribution in [3.63, 3.8) is 0 Å². The highest BCUT2D eigenvalue weighted by Gasteiger charge is 2.53. The van der Waals surface area contributed by atoms with Gasteiger partial charge in [-0.1, -0.05) is 6.92 Å². The summed E-state index contributed by atoms with van der Waals surface area (Å²) in [6.07, 6.45) is 3.47. The monoisotopic (exact) mass is 448 g/mol. The molecule has 6 rings (SSSR count). The summed E-state index contributed by atoms with van der Waals surface area (Å²) in [7, 11) is 1.86. The van der Waals surface area contributed by atoms with Gasteiger partial charge in [-0.05, 0) is 62.1 Å². The first kappa shape index (κ1) is 20.9. The van der Waals surface area contributed by atoms with Gasteiger partial charge < -0.3 is 14.6 Å². The van der Waals surface area contributed by atoms with Crippen LogP contribution in [0, 0.1) is 18.3 Å². The van der Waals surface area contributed by atoms with Crippen LogP contribution in [0.3, 0.4) is 0 Å². The van der Waals surface area contributed by atoms with Crippen LogP contribution in [-0.2, 0) is 22.4 Å². The molecule has 0 bridgehead atoms. The lowest BCUT2D eigenvalue weighted by Crippen LogP contribution is -2.50. The quantitative estimate of drug-likeness (QED) is 0.640. The van der Waals surface area contributed by atoms with Crippen LogP contribution in [0.15, 0.2) is 12.1 Å². The number of aromatic nitrogens is 4. The Morgan fingerprint density at radius 3 is 2.91 bits per heavy atom. The molecular weight excluding hydrogens is 416 g/mol. The first-order valence-electron chi connectivity index (χ1n) is 12.0. The summed E-state index contributed by atoms with van der Waals surface area (Å²) in [5.41, 5.74) is 7.75. The third-order valence-corrected chi connectivity index (χ3v) is 8.19. The molecule has 2 fully saturated rings. The molecule has 0 radical (unpaired) electrons. The molecule has 2 aromatic heterocycles. The van der Waals surface area contributed by atoms with Crippen molar-refractivity contribution in [2.24, 2.45) is 11.3 Å². The van der Waals surface area contributed by atoms with E-state index in [4.69, 9.17) is 9.72 Å². The number of aryl methyl sites for hydroxylation is 1. The van der Waals surface area contributed by atoms with Gasteiger partial charge in [0.15, 0.2) is 5.82 Å². The molecular formula is C25H32N6O2. The molecule has 1 saturated heterocycles. The minimum atomic E-state index is -0.188. The third kappa shape index (κ3) is 3.38. The zero-order valence-electron chi connectivity index (χ0n) is 19.9. The van der Waals surface area contributed by atoms with Crippen LogP contribution in [0.1, 0.15) is 37.1 Å². The normalized spacial score (nSPS) is 25.5. The van der Waals surface area contributed by atoms with E-state index in [-0.39, 0.29) is 11.9 Å². The van der Waals surface area contributed by atoms with Gasteiger partial charge in [-0.25, -0.2) is 4.98 Å². The zero-order chi connectivity index (χ0) is 22.9. The lowest BCUT2D eigenvalue weighted by atomic mass is 9.88. The highest BCUT2D eigenvalue weighted by molar-refractivity contribution is 5.99. The van der Waals surface area contributed by atoms with Gasteiger partial charge in [-0.3, -0.25) is 14.8 Å². The Balaban J connectivity index is 1.29. The van der Waals surface area contributed by atoms with Gasteiger partial charge >= 0.3 is 0 Å². The minimum absolute atomic E-state index is 0.0870. The van der Waals surface area contributed by atoms with Crippen molar-refractivity contribution >= 4 is 22.6 Å². The molecule has 3 aromatic rings. The maximum atomic E-state index is 13.2. The molecule has 3 heterocycles. The van der Waals surface area contributed by atoms with E-state index in [1.807, 2.05) is 27.0 Å². The molecule has 0 spiro atoms. The average Bonchev–Trinajstić information content (AvgIpc) is 3.10. The number of anilines is 1. The molecule has 1 aliphatic heterocycles. The summed E-state index contributed by atoms with van der Waals surface area (Å²) in [5.74, 6) is 1.66. The number of H-pyrrole nitrogens is 2. The number of hydrogen-bond donors (Lipinski definition) is 2. The summed E-state index contributed by atoms with van der Waals surface area (Å²) in [6, 6.07) is 3.92. The maximum absolute atomic E-state index is 13.2. The van der Waals surface area contributed by atoms with Crippen LogP contribution in [0.5, 0.6) is 0 Å². The number of imidazole rings is 1. The predicted molar refractivity (Wildman–Crippen MR) is 127 cm³/mol. The number of nitrogens with one attached hydrogen (secondary N) is 2. The van der Waals surface area contributed by atoms with Gasteiger partial charge in [-0.2, -0.15) is 5.10 Å². The van der Waals surface area contributed by atoms with E-state index < -0.39 is 0 Å². The Bertz CT molecular complexity index is 1240. The lowest BCUT2D eigenvalue weighted by molar-refractivity contribution is -0.124. The van der Waals surface area contributed by atoms with Gasteiger partial charge in [0, 0.05) is 37.1 Å². The van der Waals surface area contributed by atoms with E-state index in [2.05, 4.69) is 33.1 Å². The van der Waals surface area contributed by atoms with Gasteiger partial charge in [0.05, 0.1) is 30.3 Å². The molecule has 1 saturated carbocycles. The van der Waals surface area contributed by atoms with Crippen molar-refractivity contribution in [1.82, 2.24) is 25.1 Å². The standard InChI is InChI=1S/C25H32N6O2/c1-14-9-18-19(11-21(14)30(4)24(32)15(2)31-5-7-33-8-6-31)27-23(26-18)22-17-10-16-12-25(16,3)13-20(17)28-29-22/h9,11,15-16H,5-8,10,12-13H2,1-4H3,(H,26,27)(H,28,29)/t15?,16-,25-/m1/s1. The number of aromatic amines is 2. The smallest absolute Gasteiger partial charge is 0.243 e. The summed E-state index contributed by atoms with van der Waals surface area (Å²) < 4.78 is 5.44. The molecule has 3 aliphatic rings. The molecule has 174 valence electrons. The summed E-state index contributed by atoms with van der Waals surface area (Å²) in [6.45, 7) is 9.34. The van der Waals surface area contributed by atoms with E-state index >= 15 is 0 Å². The second-order valence-electron chi connectivity index (χ2n) is 10.4. The topological polar surface area (TPSA) is 90.1 Å². The van der Waals surface area contributed by atoms with E-state index in [0.29, 0.717) is 18.6 Å². The van der Waals surface area contributed by atoms with Gasteiger partial charge in [0.2, 0.25) is 5.91 Å². The van der Waals surface area contributed by atoms with E-state index in [1.54, 1.807) is 4.90 Å². The number of likely N-dealkylation sites (N-methyl/N-ethyl adjacent to an activating group) is 1. The maximum Gasteiger partial charge on any atom is 0.243 e. The van der Waals surface area contributed by atoms with E-state index in [1.165, 1.54) is 17.7 Å². The number of rotatable bonds is 4. The van der Waals surface area contributed by atoms with Crippen molar-refractivity contribution in [1.29, 1.82) is 0 Å². The molecule has 3 atom stereocenters. The molecule has 8 nitrogen and oxygen atoms in total. The zero-order valence-corrected chi connectivity index (χ0v) is 19.9. The summed E-state index contributed by atoms with van der Waals surface area (Å²) in [5, 5.41) is 7.91. The van der Waals surface area contributed by atoms with Crippen LogP contribution in [0.25, 0.3) is 22.6 Å². The molecule has 33 heavy (non-hydrogen) atoms. The number of ether oxygens (including phenoxy) is 1. The van der Waals surface area contributed by atoms with Crippen molar-refractivity contribution in [2.75, 3.05) is 38.3 Å². The molecule has 2 aliphatic carbocycles. The Labute approximate surface area is 193 Å². The van der Waals surface area contributed by atoms with Crippen LogP contribution in [-0.4, -0.2) is 70.4 Å². The highest BCUT2D eigenvalue weighted by Crippen LogP contribution is 2.59. The predicted octanol–water partition coefficient (Wildman–Crippen LogP) is 3.07. The van der Waals surface area contributed by atoms with Crippen molar-refractivity contribution in [2.45, 2.75) is 46.1 Å². The largest absolute Gasteiger partial charge is 0.379 e. The molecule has 1 aromatic carbocycles. The Morgan fingerprint density at radius 2 is 2.12 bits per heavy atom. The summed E-state index contributed by atoms with van der Waals surface area (Å²) >= 11 is 0. The number of morpholine rings is 1. The van der Waals surface area contributed by atoms with Crippen LogP contribution in [0.2, 0.25) is 0 Å². The lowest BCUT2D eigenvalue weighted by Gasteiger charge is -2.33. The van der Waals surface area contributed by atoms with Crippen molar-refractivity contribution in [3.05, 3.63) is 29.0 Å². The first-order valence-corrected chi connectivity index (χ1v) is 12.0. The van der Waals surface area contributed by atoms with Crippen molar-refractivity contribution < 1.29 is 9.53 Å². The van der Waals surface area contributed by atoms with Gasteiger partial charge in [0.1, 0.15) is 5.69 Å². The fourth-order valence-corrected chi connectivity index (χ4v) is 5.80. The van der Waals surface area contributed by atoms with Crippen LogP contribution in [0.4, 0.5) is 5.69 Å². The number of amides is 1. The third-order valence-electron chi connectivity index (χ3n) is 8.19. The number of fused-ring (bicyclic) bond motifs is 3. The molecule has 8 heteroatoms. The highest BCUT2D eigenvalue weighted by atomic mass is 16.5. The van der Waals surface area contributed by atoms with Gasteiger partial charge in [0.25, 0.3) is 0 Å². The number of hydrogen-bond acceptors (Lipinski definition) is 5. The van der Waals surface area contributed by atoms with Crippen LogP contribution >= 0.6 is 0 Å². The number of carbonyl (C=O) groups excluding carboxylic acids is 1. The molecule has 2 N–H and O–H groups in total. The number of carbonyl (C=O) groups is 1. The SMILES string of the molecule is Cc1cc2[nH]c(-c3n[nH]c4c3C[C@@H]3C[C@]3(C)C4)nc2cc1N(C)C(=O)C(C)N1CCOCC1. The number of benzene rings is 1. The Kier molecular flexibility index (Phi) is 4.68. The van der Waals surface area contributed by atoms with Crippen molar-refractivity contribution in [3.8, 4) is 11.5 Å². The fourth-order valence-electron chi connectivity index (χ4n) is 5.80. The van der Waals surface area contributed by atoms with E-state index in [9.17, 15) is 4.79 Å². The molecule has 1 amide bonds. The molecule has 1 unspecified atom stereocenters. The first-order chi connectivity index (χ1) is 15.8. The minimum Gasteiger partial charge on any atom is -0.379 e. The fraction of sp³-hybridized carbons (Fsp3) is 0.560. The van der Waals surface area contributed by atoms with Gasteiger partial charge in [-0.15, -0.1) is 0 Å². The average molecular weight is 449 g/mol. The second kappa shape index (κ2) is 7.40. The summed E-state index contributed by atoms with van der Waals surface area (Å²) in [4.78, 5) is 25.6.